The van der Waals surface area contributed by atoms with Crippen LogP contribution < -0.4 is 10.3 Å². The number of anilines is 2. The Hall–Kier alpha value is -2.25. The van der Waals surface area contributed by atoms with Gasteiger partial charge in [0, 0.05) is 29.4 Å². The highest BCUT2D eigenvalue weighted by Crippen LogP contribution is 2.26. The standard InChI is InChI=1S/C15H13ClN4O2S/c1-9-2-3-10(8-11(9)16)20-13(21)5-4-12(19-20)14(22)18-15-17-6-7-23-15/h2-3,6-8H,4-5H2,1H3,(H,17,18,22). The third-order valence-electron chi connectivity index (χ3n) is 3.35. The van der Waals surface area contributed by atoms with E-state index >= 15 is 0 Å². The highest BCUT2D eigenvalue weighted by molar-refractivity contribution is 7.13. The van der Waals surface area contributed by atoms with Gasteiger partial charge in [-0.15, -0.1) is 11.3 Å². The zero-order valence-corrected chi connectivity index (χ0v) is 13.8. The maximum absolute atomic E-state index is 12.2. The first-order chi connectivity index (χ1) is 11.0. The molecule has 1 aliphatic heterocycles. The average Bonchev–Trinajstić information content (AvgIpc) is 3.03. The molecule has 1 aromatic carbocycles. The van der Waals surface area contributed by atoms with Crippen molar-refractivity contribution in [2.45, 2.75) is 19.8 Å². The van der Waals surface area contributed by atoms with E-state index in [4.69, 9.17) is 11.6 Å². The zero-order chi connectivity index (χ0) is 16.4. The number of hydrogen-bond acceptors (Lipinski definition) is 5. The Bertz CT molecular complexity index is 789. The summed E-state index contributed by atoms with van der Waals surface area (Å²) in [6.45, 7) is 1.88. The molecule has 1 aliphatic rings. The van der Waals surface area contributed by atoms with E-state index in [0.29, 0.717) is 22.3 Å². The lowest BCUT2D eigenvalue weighted by Crippen LogP contribution is -2.36. The van der Waals surface area contributed by atoms with Crippen molar-refractivity contribution in [2.75, 3.05) is 10.3 Å². The molecule has 0 saturated heterocycles. The van der Waals surface area contributed by atoms with Gasteiger partial charge in [-0.1, -0.05) is 17.7 Å². The van der Waals surface area contributed by atoms with Crippen LogP contribution in [-0.2, 0) is 9.59 Å². The molecule has 2 aromatic rings. The fourth-order valence-corrected chi connectivity index (χ4v) is 2.79. The molecule has 2 heterocycles. The molecule has 0 fully saturated rings. The van der Waals surface area contributed by atoms with Crippen molar-refractivity contribution in [3.8, 4) is 0 Å². The minimum absolute atomic E-state index is 0.171. The summed E-state index contributed by atoms with van der Waals surface area (Å²) < 4.78 is 0. The zero-order valence-electron chi connectivity index (χ0n) is 12.2. The van der Waals surface area contributed by atoms with E-state index in [2.05, 4.69) is 15.4 Å². The van der Waals surface area contributed by atoms with E-state index in [9.17, 15) is 9.59 Å². The monoisotopic (exact) mass is 348 g/mol. The maximum atomic E-state index is 12.2. The van der Waals surface area contributed by atoms with E-state index in [1.165, 1.54) is 16.3 Å². The summed E-state index contributed by atoms with van der Waals surface area (Å²) in [7, 11) is 0. The van der Waals surface area contributed by atoms with Gasteiger partial charge in [0.2, 0.25) is 5.91 Å². The highest BCUT2D eigenvalue weighted by Gasteiger charge is 2.26. The Morgan fingerprint density at radius 2 is 2.22 bits per heavy atom. The van der Waals surface area contributed by atoms with Crippen LogP contribution in [0.5, 0.6) is 0 Å². The predicted octanol–water partition coefficient (Wildman–Crippen LogP) is 3.23. The third kappa shape index (κ3) is 3.40. The normalized spacial score (nSPS) is 14.6. The second kappa shape index (κ2) is 6.47. The van der Waals surface area contributed by atoms with Crippen molar-refractivity contribution in [2.24, 2.45) is 5.10 Å². The topological polar surface area (TPSA) is 74.7 Å². The summed E-state index contributed by atoms with van der Waals surface area (Å²) in [5.41, 5.74) is 1.74. The molecular weight excluding hydrogens is 336 g/mol. The Kier molecular flexibility index (Phi) is 4.40. The number of thiazole rings is 1. The number of hydrazone groups is 1. The fourth-order valence-electron chi connectivity index (χ4n) is 2.09. The van der Waals surface area contributed by atoms with Gasteiger partial charge in [0.25, 0.3) is 5.91 Å². The van der Waals surface area contributed by atoms with Gasteiger partial charge in [0.15, 0.2) is 5.13 Å². The van der Waals surface area contributed by atoms with Crippen LogP contribution in [0.4, 0.5) is 10.8 Å². The summed E-state index contributed by atoms with van der Waals surface area (Å²) in [5, 5.41) is 10.9. The van der Waals surface area contributed by atoms with Crippen molar-refractivity contribution < 1.29 is 9.59 Å². The van der Waals surface area contributed by atoms with Crippen molar-refractivity contribution in [3.05, 3.63) is 40.4 Å². The molecule has 0 spiro atoms. The van der Waals surface area contributed by atoms with Gasteiger partial charge in [-0.25, -0.2) is 9.99 Å². The Labute approximate surface area is 141 Å². The van der Waals surface area contributed by atoms with Crippen molar-refractivity contribution >= 4 is 51.3 Å². The lowest BCUT2D eigenvalue weighted by Gasteiger charge is -2.23. The lowest BCUT2D eigenvalue weighted by molar-refractivity contribution is -0.118. The number of carbonyl (C=O) groups excluding carboxylic acids is 2. The van der Waals surface area contributed by atoms with Crippen LogP contribution in [0.3, 0.4) is 0 Å². The lowest BCUT2D eigenvalue weighted by atomic mass is 10.1. The van der Waals surface area contributed by atoms with Gasteiger partial charge in [-0.2, -0.15) is 5.10 Å². The number of amides is 2. The van der Waals surface area contributed by atoms with Gasteiger partial charge in [0.05, 0.1) is 5.69 Å². The SMILES string of the molecule is Cc1ccc(N2N=C(C(=O)Nc3nccs3)CCC2=O)cc1Cl. The number of halogens is 1. The first kappa shape index (κ1) is 15.6. The van der Waals surface area contributed by atoms with Crippen LogP contribution in [0, 0.1) is 6.92 Å². The molecule has 0 bridgehead atoms. The van der Waals surface area contributed by atoms with Gasteiger partial charge in [0.1, 0.15) is 5.71 Å². The molecule has 0 saturated carbocycles. The van der Waals surface area contributed by atoms with Gasteiger partial charge in [-0.05, 0) is 24.6 Å². The summed E-state index contributed by atoms with van der Waals surface area (Å²) in [6, 6.07) is 5.23. The van der Waals surface area contributed by atoms with Gasteiger partial charge in [-0.3, -0.25) is 14.9 Å². The maximum Gasteiger partial charge on any atom is 0.273 e. The third-order valence-corrected chi connectivity index (χ3v) is 4.44. The Morgan fingerprint density at radius 3 is 2.91 bits per heavy atom. The molecule has 1 aromatic heterocycles. The summed E-state index contributed by atoms with van der Waals surface area (Å²) >= 11 is 7.42. The molecule has 8 heteroatoms. The summed E-state index contributed by atoms with van der Waals surface area (Å²) in [6.07, 6.45) is 2.12. The molecule has 2 amide bonds. The van der Waals surface area contributed by atoms with Crippen molar-refractivity contribution in [1.82, 2.24) is 4.98 Å². The number of rotatable bonds is 3. The van der Waals surface area contributed by atoms with E-state index in [1.54, 1.807) is 23.7 Å². The molecular formula is C15H13ClN4O2S. The minimum Gasteiger partial charge on any atom is -0.297 e. The quantitative estimate of drug-likeness (QED) is 0.925. The first-order valence-corrected chi connectivity index (χ1v) is 8.18. The molecule has 6 nitrogen and oxygen atoms in total. The van der Waals surface area contributed by atoms with Gasteiger partial charge >= 0.3 is 0 Å². The number of aryl methyl sites for hydroxylation is 1. The van der Waals surface area contributed by atoms with Crippen LogP contribution in [0.1, 0.15) is 18.4 Å². The van der Waals surface area contributed by atoms with Crippen LogP contribution >= 0.6 is 22.9 Å². The first-order valence-electron chi connectivity index (χ1n) is 6.92. The largest absolute Gasteiger partial charge is 0.297 e. The Morgan fingerprint density at radius 1 is 1.39 bits per heavy atom. The minimum atomic E-state index is -0.351. The predicted molar refractivity (Wildman–Crippen MR) is 91.1 cm³/mol. The molecule has 3 rings (SSSR count). The number of nitrogens with zero attached hydrogens (tertiary/aromatic N) is 3. The van der Waals surface area contributed by atoms with Crippen LogP contribution in [0.25, 0.3) is 0 Å². The van der Waals surface area contributed by atoms with E-state index in [1.807, 2.05) is 13.0 Å². The van der Waals surface area contributed by atoms with Crippen LogP contribution in [-0.4, -0.2) is 22.5 Å². The number of nitrogens with one attached hydrogen (secondary N) is 1. The fraction of sp³-hybridized carbons (Fsp3) is 0.200. The van der Waals surface area contributed by atoms with E-state index in [-0.39, 0.29) is 23.9 Å². The second-order valence-electron chi connectivity index (χ2n) is 4.98. The van der Waals surface area contributed by atoms with Crippen LogP contribution in [0.2, 0.25) is 5.02 Å². The molecule has 118 valence electrons. The number of carbonyl (C=O) groups is 2. The van der Waals surface area contributed by atoms with Gasteiger partial charge < -0.3 is 0 Å². The number of hydrogen-bond donors (Lipinski definition) is 1. The molecule has 0 aliphatic carbocycles. The second-order valence-corrected chi connectivity index (χ2v) is 6.28. The summed E-state index contributed by atoms with van der Waals surface area (Å²) in [4.78, 5) is 28.3. The molecule has 0 radical (unpaired) electrons. The smallest absolute Gasteiger partial charge is 0.273 e. The molecule has 23 heavy (non-hydrogen) atoms. The van der Waals surface area contributed by atoms with Crippen molar-refractivity contribution in [3.63, 3.8) is 0 Å². The summed E-state index contributed by atoms with van der Waals surface area (Å²) in [5.74, 6) is -0.522. The van der Waals surface area contributed by atoms with E-state index < -0.39 is 0 Å². The average molecular weight is 349 g/mol. The highest BCUT2D eigenvalue weighted by atomic mass is 35.5. The number of benzene rings is 1. The van der Waals surface area contributed by atoms with E-state index in [0.717, 1.165) is 5.56 Å². The molecule has 0 unspecified atom stereocenters. The molecule has 1 N–H and O–H groups in total. The van der Waals surface area contributed by atoms with Crippen LogP contribution in [0.15, 0.2) is 34.9 Å². The Balaban J connectivity index is 1.85. The number of aromatic nitrogens is 1. The van der Waals surface area contributed by atoms with Crippen molar-refractivity contribution in [1.29, 1.82) is 0 Å². The molecule has 0 atom stereocenters.